The molecule has 14 heavy (non-hydrogen) atoms. The Labute approximate surface area is 89.9 Å². The fraction of sp³-hybridized carbons (Fsp3) is 0.100. The summed E-state index contributed by atoms with van der Waals surface area (Å²) in [5.41, 5.74) is 0.428. The number of benzene rings is 1. The number of amides is 1. The maximum absolute atomic E-state index is 12.8. The Bertz CT molecular complexity index is 365. The third-order valence-corrected chi connectivity index (χ3v) is 2.22. The maximum Gasteiger partial charge on any atom is 0.228 e. The molecule has 0 spiro atoms. The second kappa shape index (κ2) is 4.91. The van der Waals surface area contributed by atoms with Gasteiger partial charge in [-0.15, -0.1) is 6.58 Å². The van der Waals surface area contributed by atoms with Crippen LogP contribution in [0, 0.1) is 5.82 Å². The molecular weight excluding hydrogens is 249 g/mol. The summed E-state index contributed by atoms with van der Waals surface area (Å²) in [5.74, 6) is -0.603. The molecule has 0 fully saturated rings. The van der Waals surface area contributed by atoms with Crippen molar-refractivity contribution in [2.45, 2.75) is 6.42 Å². The molecular formula is C10H9BrFNO. The number of hydrogen-bond acceptors (Lipinski definition) is 1. The third-order valence-electron chi connectivity index (χ3n) is 1.53. The highest BCUT2D eigenvalue weighted by molar-refractivity contribution is 9.10. The summed E-state index contributed by atoms with van der Waals surface area (Å²) in [4.78, 5) is 11.2. The zero-order valence-corrected chi connectivity index (χ0v) is 8.97. The molecule has 0 atom stereocenters. The molecule has 0 aromatic heterocycles. The molecule has 0 heterocycles. The maximum atomic E-state index is 12.8. The fourth-order valence-corrected chi connectivity index (χ4v) is 1.27. The van der Waals surface area contributed by atoms with E-state index in [1.165, 1.54) is 18.2 Å². The smallest absolute Gasteiger partial charge is 0.228 e. The van der Waals surface area contributed by atoms with E-state index < -0.39 is 0 Å². The van der Waals surface area contributed by atoms with Crippen molar-refractivity contribution in [3.8, 4) is 0 Å². The fourth-order valence-electron chi connectivity index (χ4n) is 0.926. The van der Waals surface area contributed by atoms with Crippen LogP contribution in [-0.2, 0) is 4.79 Å². The van der Waals surface area contributed by atoms with Crippen molar-refractivity contribution in [2.24, 2.45) is 0 Å². The van der Waals surface area contributed by atoms with Crippen molar-refractivity contribution in [1.82, 2.24) is 0 Å². The molecule has 1 aromatic carbocycles. The minimum Gasteiger partial charge on any atom is -0.325 e. The Hall–Kier alpha value is -1.16. The van der Waals surface area contributed by atoms with Crippen LogP contribution in [0.1, 0.15) is 6.42 Å². The molecule has 0 aliphatic carbocycles. The first-order valence-electron chi connectivity index (χ1n) is 3.99. The predicted octanol–water partition coefficient (Wildman–Crippen LogP) is 3.10. The first-order chi connectivity index (χ1) is 6.63. The minimum absolute atomic E-state index is 0.211. The number of nitrogens with one attached hydrogen (secondary N) is 1. The van der Waals surface area contributed by atoms with Crippen LogP contribution in [0.15, 0.2) is 35.3 Å². The van der Waals surface area contributed by atoms with E-state index in [2.05, 4.69) is 27.8 Å². The van der Waals surface area contributed by atoms with E-state index in [4.69, 9.17) is 0 Å². The second-order valence-corrected chi connectivity index (χ2v) is 3.52. The average Bonchev–Trinajstić information content (AvgIpc) is 2.12. The van der Waals surface area contributed by atoms with Gasteiger partial charge in [0.05, 0.1) is 5.69 Å². The van der Waals surface area contributed by atoms with Gasteiger partial charge < -0.3 is 5.32 Å². The van der Waals surface area contributed by atoms with E-state index in [1.54, 1.807) is 6.07 Å². The molecule has 0 radical (unpaired) electrons. The largest absolute Gasteiger partial charge is 0.325 e. The van der Waals surface area contributed by atoms with Crippen LogP contribution in [0.3, 0.4) is 0 Å². The molecule has 2 nitrogen and oxygen atoms in total. The van der Waals surface area contributed by atoms with Crippen LogP contribution in [-0.4, -0.2) is 5.91 Å². The van der Waals surface area contributed by atoms with Crippen LogP contribution in [0.5, 0.6) is 0 Å². The van der Waals surface area contributed by atoms with Gasteiger partial charge in [0.25, 0.3) is 0 Å². The molecule has 1 aromatic rings. The summed E-state index contributed by atoms with van der Waals surface area (Å²) in [7, 11) is 0. The zero-order valence-electron chi connectivity index (χ0n) is 7.39. The highest BCUT2D eigenvalue weighted by Crippen LogP contribution is 2.22. The van der Waals surface area contributed by atoms with Gasteiger partial charge in [0.1, 0.15) is 5.82 Å². The van der Waals surface area contributed by atoms with Crippen molar-refractivity contribution < 1.29 is 9.18 Å². The van der Waals surface area contributed by atoms with Gasteiger partial charge in [0, 0.05) is 10.9 Å². The molecule has 0 aliphatic heterocycles. The topological polar surface area (TPSA) is 29.1 Å². The van der Waals surface area contributed by atoms with Gasteiger partial charge in [-0.3, -0.25) is 4.79 Å². The van der Waals surface area contributed by atoms with Crippen molar-refractivity contribution in [3.63, 3.8) is 0 Å². The summed E-state index contributed by atoms with van der Waals surface area (Å²) in [6.07, 6.45) is 1.70. The molecule has 0 saturated heterocycles. The lowest BCUT2D eigenvalue weighted by molar-refractivity contribution is -0.115. The lowest BCUT2D eigenvalue weighted by Gasteiger charge is -2.05. The Morgan fingerprint density at radius 2 is 2.36 bits per heavy atom. The first-order valence-corrected chi connectivity index (χ1v) is 4.78. The number of carbonyl (C=O) groups excluding carboxylic acids is 1. The molecule has 1 rings (SSSR count). The highest BCUT2D eigenvalue weighted by atomic mass is 79.9. The summed E-state index contributed by atoms with van der Waals surface area (Å²) in [5, 5.41) is 2.55. The van der Waals surface area contributed by atoms with E-state index in [9.17, 15) is 9.18 Å². The zero-order chi connectivity index (χ0) is 10.6. The number of rotatable bonds is 3. The van der Waals surface area contributed by atoms with E-state index in [0.29, 0.717) is 10.2 Å². The van der Waals surface area contributed by atoms with Crippen LogP contribution in [0.25, 0.3) is 0 Å². The lowest BCUT2D eigenvalue weighted by atomic mass is 10.3. The van der Waals surface area contributed by atoms with E-state index in [0.717, 1.165) is 0 Å². The van der Waals surface area contributed by atoms with Crippen LogP contribution in [0.4, 0.5) is 10.1 Å². The Morgan fingerprint density at radius 3 is 3.00 bits per heavy atom. The minimum atomic E-state index is -0.387. The van der Waals surface area contributed by atoms with Gasteiger partial charge >= 0.3 is 0 Å². The van der Waals surface area contributed by atoms with Crippen molar-refractivity contribution >= 4 is 27.5 Å². The first kappa shape index (κ1) is 10.9. The molecule has 1 N–H and O–H groups in total. The van der Waals surface area contributed by atoms with Gasteiger partial charge in [0.15, 0.2) is 0 Å². The summed E-state index contributed by atoms with van der Waals surface area (Å²) in [6, 6.07) is 4.11. The number of carbonyl (C=O) groups is 1. The quantitative estimate of drug-likeness (QED) is 0.829. The van der Waals surface area contributed by atoms with Crippen LogP contribution < -0.4 is 5.32 Å². The molecule has 1 amide bonds. The van der Waals surface area contributed by atoms with Crippen molar-refractivity contribution in [2.75, 3.05) is 5.32 Å². The number of hydrogen-bond donors (Lipinski definition) is 1. The number of halogens is 2. The molecule has 0 bridgehead atoms. The molecule has 4 heteroatoms. The Balaban J connectivity index is 2.80. The van der Waals surface area contributed by atoms with Gasteiger partial charge in [-0.05, 0) is 34.1 Å². The van der Waals surface area contributed by atoms with Crippen LogP contribution >= 0.6 is 15.9 Å². The van der Waals surface area contributed by atoms with E-state index in [1.807, 2.05) is 0 Å². The lowest BCUT2D eigenvalue weighted by Crippen LogP contribution is -2.10. The van der Waals surface area contributed by atoms with E-state index >= 15 is 0 Å². The van der Waals surface area contributed by atoms with Gasteiger partial charge in [-0.2, -0.15) is 0 Å². The van der Waals surface area contributed by atoms with Gasteiger partial charge in [-0.1, -0.05) is 6.08 Å². The second-order valence-electron chi connectivity index (χ2n) is 2.67. The van der Waals surface area contributed by atoms with Gasteiger partial charge in [0.2, 0.25) is 5.91 Å². The molecule has 74 valence electrons. The normalized spacial score (nSPS) is 9.57. The van der Waals surface area contributed by atoms with E-state index in [-0.39, 0.29) is 18.1 Å². The monoisotopic (exact) mass is 257 g/mol. The standard InChI is InChI=1S/C10H9BrFNO/c1-2-3-10(14)13-9-6-7(12)4-5-8(9)11/h2,4-6H,1,3H2,(H,13,14). The van der Waals surface area contributed by atoms with Crippen molar-refractivity contribution in [3.05, 3.63) is 41.1 Å². The van der Waals surface area contributed by atoms with Crippen molar-refractivity contribution in [1.29, 1.82) is 0 Å². The Kier molecular flexibility index (Phi) is 3.83. The molecule has 0 unspecified atom stereocenters. The molecule has 0 saturated carbocycles. The van der Waals surface area contributed by atoms with Crippen LogP contribution in [0.2, 0.25) is 0 Å². The van der Waals surface area contributed by atoms with Gasteiger partial charge in [-0.25, -0.2) is 4.39 Å². The molecule has 0 aliphatic rings. The highest BCUT2D eigenvalue weighted by Gasteiger charge is 2.04. The summed E-state index contributed by atoms with van der Waals surface area (Å²) >= 11 is 3.20. The summed E-state index contributed by atoms with van der Waals surface area (Å²) in [6.45, 7) is 3.44. The Morgan fingerprint density at radius 1 is 1.64 bits per heavy atom. The SMILES string of the molecule is C=CCC(=O)Nc1cc(F)ccc1Br. The average molecular weight is 258 g/mol. The summed E-state index contributed by atoms with van der Waals surface area (Å²) < 4.78 is 13.4. The third kappa shape index (κ3) is 2.96. The number of anilines is 1. The predicted molar refractivity (Wildman–Crippen MR) is 57.5 cm³/mol.